The Hall–Kier alpha value is -1.06. The summed E-state index contributed by atoms with van der Waals surface area (Å²) in [6.07, 6.45) is 0. The minimum atomic E-state index is -0.291. The standard InChI is InChI=1S/C11H10Cl2N2O/c1-6-8(4-3-5-9(6)13)11-15-14-10(16-11)7(2)12/h3-5,7H,1-2H3. The minimum Gasteiger partial charge on any atom is -0.419 e. The van der Waals surface area contributed by atoms with Crippen molar-refractivity contribution < 1.29 is 4.42 Å². The first-order valence-electron chi connectivity index (χ1n) is 4.82. The molecule has 3 nitrogen and oxygen atoms in total. The lowest BCUT2D eigenvalue weighted by atomic mass is 10.1. The van der Waals surface area contributed by atoms with Crippen LogP contribution in [0.4, 0.5) is 0 Å². The molecular formula is C11H10Cl2N2O. The third-order valence-corrected chi connectivity index (χ3v) is 2.88. The minimum absolute atomic E-state index is 0.291. The molecule has 16 heavy (non-hydrogen) atoms. The number of benzene rings is 1. The van der Waals surface area contributed by atoms with Crippen LogP contribution in [0.15, 0.2) is 22.6 Å². The van der Waals surface area contributed by atoms with Gasteiger partial charge in [0.25, 0.3) is 0 Å². The largest absolute Gasteiger partial charge is 0.419 e. The van der Waals surface area contributed by atoms with Crippen LogP contribution in [0, 0.1) is 6.92 Å². The highest BCUT2D eigenvalue weighted by molar-refractivity contribution is 6.31. The molecule has 5 heteroatoms. The molecule has 0 saturated heterocycles. The predicted molar refractivity (Wildman–Crippen MR) is 63.7 cm³/mol. The van der Waals surface area contributed by atoms with Crippen LogP contribution in [0.2, 0.25) is 5.02 Å². The highest BCUT2D eigenvalue weighted by atomic mass is 35.5. The second-order valence-electron chi connectivity index (χ2n) is 3.47. The molecule has 1 heterocycles. The van der Waals surface area contributed by atoms with E-state index < -0.39 is 0 Å². The number of aromatic nitrogens is 2. The molecule has 2 rings (SSSR count). The van der Waals surface area contributed by atoms with Crippen LogP contribution in [-0.4, -0.2) is 10.2 Å². The van der Waals surface area contributed by atoms with E-state index in [9.17, 15) is 0 Å². The van der Waals surface area contributed by atoms with Crippen molar-refractivity contribution in [1.82, 2.24) is 10.2 Å². The van der Waals surface area contributed by atoms with Crippen molar-refractivity contribution in [2.45, 2.75) is 19.2 Å². The van der Waals surface area contributed by atoms with Crippen LogP contribution in [-0.2, 0) is 0 Å². The maximum Gasteiger partial charge on any atom is 0.248 e. The van der Waals surface area contributed by atoms with Gasteiger partial charge in [-0.05, 0) is 31.5 Å². The maximum absolute atomic E-state index is 6.02. The van der Waals surface area contributed by atoms with Crippen LogP contribution in [0.3, 0.4) is 0 Å². The van der Waals surface area contributed by atoms with Crippen LogP contribution < -0.4 is 0 Å². The Morgan fingerprint density at radius 1 is 1.31 bits per heavy atom. The summed E-state index contributed by atoms with van der Waals surface area (Å²) in [5.74, 6) is 0.860. The number of hydrogen-bond acceptors (Lipinski definition) is 3. The Morgan fingerprint density at radius 3 is 2.69 bits per heavy atom. The molecule has 0 spiro atoms. The topological polar surface area (TPSA) is 38.9 Å². The molecule has 0 fully saturated rings. The van der Waals surface area contributed by atoms with Gasteiger partial charge in [-0.25, -0.2) is 0 Å². The van der Waals surface area contributed by atoms with E-state index in [1.54, 1.807) is 6.92 Å². The molecule has 84 valence electrons. The lowest BCUT2D eigenvalue weighted by Gasteiger charge is -2.02. The Morgan fingerprint density at radius 2 is 2.06 bits per heavy atom. The van der Waals surface area contributed by atoms with Gasteiger partial charge in [0.05, 0.1) is 0 Å². The van der Waals surface area contributed by atoms with Gasteiger partial charge in [0.1, 0.15) is 5.38 Å². The SMILES string of the molecule is Cc1c(Cl)cccc1-c1nnc(C(C)Cl)o1. The lowest BCUT2D eigenvalue weighted by Crippen LogP contribution is -1.84. The highest BCUT2D eigenvalue weighted by Crippen LogP contribution is 2.29. The average Bonchev–Trinajstić information content (AvgIpc) is 2.71. The number of hydrogen-bond donors (Lipinski definition) is 0. The summed E-state index contributed by atoms with van der Waals surface area (Å²) in [7, 11) is 0. The van der Waals surface area contributed by atoms with Gasteiger partial charge >= 0.3 is 0 Å². The first kappa shape index (κ1) is 11.4. The van der Waals surface area contributed by atoms with Gasteiger partial charge in [-0.3, -0.25) is 0 Å². The van der Waals surface area contributed by atoms with E-state index in [4.69, 9.17) is 27.6 Å². The fourth-order valence-corrected chi connectivity index (χ4v) is 1.61. The van der Waals surface area contributed by atoms with Crippen molar-refractivity contribution >= 4 is 23.2 Å². The summed E-state index contributed by atoms with van der Waals surface area (Å²) in [4.78, 5) is 0. The first-order valence-corrected chi connectivity index (χ1v) is 5.64. The molecule has 0 aliphatic carbocycles. The zero-order valence-electron chi connectivity index (χ0n) is 8.87. The van der Waals surface area contributed by atoms with Gasteiger partial charge in [-0.2, -0.15) is 0 Å². The monoisotopic (exact) mass is 256 g/mol. The van der Waals surface area contributed by atoms with Crippen LogP contribution >= 0.6 is 23.2 Å². The van der Waals surface area contributed by atoms with Crippen molar-refractivity contribution in [3.8, 4) is 11.5 Å². The van der Waals surface area contributed by atoms with Crippen LogP contribution in [0.5, 0.6) is 0 Å². The van der Waals surface area contributed by atoms with Crippen molar-refractivity contribution in [1.29, 1.82) is 0 Å². The number of halogens is 2. The fourth-order valence-electron chi connectivity index (χ4n) is 1.34. The zero-order chi connectivity index (χ0) is 11.7. The van der Waals surface area contributed by atoms with Crippen molar-refractivity contribution in [2.75, 3.05) is 0 Å². The lowest BCUT2D eigenvalue weighted by molar-refractivity contribution is 0.507. The number of nitrogens with zero attached hydrogens (tertiary/aromatic N) is 2. The quantitative estimate of drug-likeness (QED) is 0.763. The molecule has 0 N–H and O–H groups in total. The molecule has 1 atom stereocenters. The number of rotatable bonds is 2. The van der Waals surface area contributed by atoms with Gasteiger partial charge in [0, 0.05) is 10.6 Å². The molecule has 1 aromatic carbocycles. The molecule has 1 unspecified atom stereocenters. The van der Waals surface area contributed by atoms with E-state index in [-0.39, 0.29) is 5.38 Å². The molecule has 0 saturated carbocycles. The third kappa shape index (κ3) is 2.06. The maximum atomic E-state index is 6.02. The Labute approximate surface area is 103 Å². The normalized spacial score (nSPS) is 12.8. The third-order valence-electron chi connectivity index (χ3n) is 2.28. The molecule has 1 aromatic heterocycles. The van der Waals surface area contributed by atoms with Gasteiger partial charge in [-0.15, -0.1) is 21.8 Å². The summed E-state index contributed by atoms with van der Waals surface area (Å²) >= 11 is 11.9. The second kappa shape index (κ2) is 4.44. The summed E-state index contributed by atoms with van der Waals surface area (Å²) in [6.45, 7) is 3.69. The predicted octanol–water partition coefficient (Wildman–Crippen LogP) is 4.00. The highest BCUT2D eigenvalue weighted by Gasteiger charge is 2.14. The average molecular weight is 257 g/mol. The molecular weight excluding hydrogens is 247 g/mol. The molecule has 0 amide bonds. The van der Waals surface area contributed by atoms with E-state index in [1.165, 1.54) is 0 Å². The molecule has 0 aliphatic rings. The summed E-state index contributed by atoms with van der Waals surface area (Å²) in [6, 6.07) is 5.55. The first-order chi connectivity index (χ1) is 7.59. The van der Waals surface area contributed by atoms with Gasteiger partial charge in [0.2, 0.25) is 11.8 Å². The Bertz CT molecular complexity index is 508. The summed E-state index contributed by atoms with van der Waals surface area (Å²) < 4.78 is 5.45. The van der Waals surface area contributed by atoms with E-state index in [0.29, 0.717) is 16.8 Å². The number of alkyl halides is 1. The molecule has 2 aromatic rings. The smallest absolute Gasteiger partial charge is 0.248 e. The van der Waals surface area contributed by atoms with Gasteiger partial charge < -0.3 is 4.42 Å². The fraction of sp³-hybridized carbons (Fsp3) is 0.273. The van der Waals surface area contributed by atoms with Gasteiger partial charge in [0.15, 0.2) is 0 Å². The van der Waals surface area contributed by atoms with E-state index in [2.05, 4.69) is 10.2 Å². The zero-order valence-corrected chi connectivity index (χ0v) is 10.4. The molecule has 0 bridgehead atoms. The van der Waals surface area contributed by atoms with Gasteiger partial charge in [-0.1, -0.05) is 17.7 Å². The van der Waals surface area contributed by atoms with Crippen molar-refractivity contribution in [2.24, 2.45) is 0 Å². The molecule has 0 aliphatic heterocycles. The summed E-state index contributed by atoms with van der Waals surface area (Å²) in [5.41, 5.74) is 1.75. The Balaban J connectivity index is 2.47. The van der Waals surface area contributed by atoms with Crippen molar-refractivity contribution in [3.63, 3.8) is 0 Å². The van der Waals surface area contributed by atoms with E-state index in [0.717, 1.165) is 11.1 Å². The molecule has 0 radical (unpaired) electrons. The van der Waals surface area contributed by atoms with E-state index in [1.807, 2.05) is 25.1 Å². The second-order valence-corrected chi connectivity index (χ2v) is 4.54. The summed E-state index contributed by atoms with van der Waals surface area (Å²) in [5, 5.41) is 8.21. The van der Waals surface area contributed by atoms with Crippen LogP contribution in [0.1, 0.15) is 23.8 Å². The Kier molecular flexibility index (Phi) is 3.17. The van der Waals surface area contributed by atoms with Crippen molar-refractivity contribution in [3.05, 3.63) is 34.7 Å². The van der Waals surface area contributed by atoms with Crippen LogP contribution in [0.25, 0.3) is 11.5 Å². The van der Waals surface area contributed by atoms with E-state index >= 15 is 0 Å².